The van der Waals surface area contributed by atoms with Crippen molar-refractivity contribution in [3.8, 4) is 0 Å². The lowest BCUT2D eigenvalue weighted by Gasteiger charge is -2.32. The molecule has 1 saturated heterocycles. The summed E-state index contributed by atoms with van der Waals surface area (Å²) in [5, 5.41) is 3.59. The SMILES string of the molecule is Cc1ccc(N2CCCNC(C)(C)C2)c(Br)c1. The Morgan fingerprint density at radius 1 is 1.35 bits per heavy atom. The number of nitrogens with zero attached hydrogens (tertiary/aromatic N) is 1. The van der Waals surface area contributed by atoms with Crippen molar-refractivity contribution < 1.29 is 0 Å². The second-order valence-electron chi connectivity index (χ2n) is 5.54. The fraction of sp³-hybridized carbons (Fsp3) is 0.571. The number of anilines is 1. The van der Waals surface area contributed by atoms with Gasteiger partial charge in [-0.15, -0.1) is 0 Å². The molecule has 94 valence electrons. The Labute approximate surface area is 113 Å². The molecule has 17 heavy (non-hydrogen) atoms. The summed E-state index contributed by atoms with van der Waals surface area (Å²) in [5.41, 5.74) is 2.79. The minimum Gasteiger partial charge on any atom is -0.369 e. The molecule has 1 fully saturated rings. The maximum Gasteiger partial charge on any atom is 0.0511 e. The van der Waals surface area contributed by atoms with E-state index in [0.29, 0.717) is 0 Å². The monoisotopic (exact) mass is 296 g/mol. The van der Waals surface area contributed by atoms with Gasteiger partial charge in [-0.05, 0) is 67.4 Å². The molecule has 1 heterocycles. The Bertz CT molecular complexity index is 401. The molecule has 0 bridgehead atoms. The van der Waals surface area contributed by atoms with Crippen LogP contribution in [0.25, 0.3) is 0 Å². The van der Waals surface area contributed by atoms with Crippen molar-refractivity contribution in [1.82, 2.24) is 5.32 Å². The second kappa shape index (κ2) is 4.99. The van der Waals surface area contributed by atoms with E-state index in [1.54, 1.807) is 0 Å². The highest BCUT2D eigenvalue weighted by Gasteiger charge is 2.24. The summed E-state index contributed by atoms with van der Waals surface area (Å²) in [5.74, 6) is 0. The van der Waals surface area contributed by atoms with Gasteiger partial charge < -0.3 is 10.2 Å². The highest BCUT2D eigenvalue weighted by atomic mass is 79.9. The van der Waals surface area contributed by atoms with Gasteiger partial charge in [-0.1, -0.05) is 6.07 Å². The first-order valence-corrected chi connectivity index (χ1v) is 7.03. The zero-order valence-corrected chi connectivity index (χ0v) is 12.5. The number of rotatable bonds is 1. The lowest BCUT2D eigenvalue weighted by Crippen LogP contribution is -2.46. The van der Waals surface area contributed by atoms with E-state index in [2.05, 4.69) is 65.1 Å². The normalized spacial score (nSPS) is 20.1. The van der Waals surface area contributed by atoms with E-state index in [4.69, 9.17) is 0 Å². The van der Waals surface area contributed by atoms with E-state index < -0.39 is 0 Å². The molecule has 1 N–H and O–H groups in total. The van der Waals surface area contributed by atoms with Gasteiger partial charge in [-0.25, -0.2) is 0 Å². The Morgan fingerprint density at radius 3 is 2.82 bits per heavy atom. The summed E-state index contributed by atoms with van der Waals surface area (Å²) in [7, 11) is 0. The van der Waals surface area contributed by atoms with Crippen LogP contribution < -0.4 is 10.2 Å². The summed E-state index contributed by atoms with van der Waals surface area (Å²) in [6, 6.07) is 6.60. The topological polar surface area (TPSA) is 15.3 Å². The number of hydrogen-bond donors (Lipinski definition) is 1. The van der Waals surface area contributed by atoms with E-state index >= 15 is 0 Å². The fourth-order valence-corrected chi connectivity index (χ4v) is 3.13. The summed E-state index contributed by atoms with van der Waals surface area (Å²) in [6.07, 6.45) is 1.20. The molecule has 1 aliphatic rings. The average molecular weight is 297 g/mol. The Kier molecular flexibility index (Phi) is 3.79. The number of hydrogen-bond acceptors (Lipinski definition) is 2. The number of nitrogens with one attached hydrogen (secondary N) is 1. The number of benzene rings is 1. The zero-order valence-electron chi connectivity index (χ0n) is 10.9. The summed E-state index contributed by atoms with van der Waals surface area (Å²) < 4.78 is 1.20. The molecule has 0 amide bonds. The zero-order chi connectivity index (χ0) is 12.5. The van der Waals surface area contributed by atoms with E-state index in [9.17, 15) is 0 Å². The number of halogens is 1. The Hall–Kier alpha value is -0.540. The Morgan fingerprint density at radius 2 is 2.12 bits per heavy atom. The molecule has 3 heteroatoms. The molecule has 1 aliphatic heterocycles. The lowest BCUT2D eigenvalue weighted by atomic mass is 10.1. The molecule has 1 aromatic rings. The van der Waals surface area contributed by atoms with Crippen LogP contribution in [0, 0.1) is 6.92 Å². The van der Waals surface area contributed by atoms with Crippen LogP contribution in [0.15, 0.2) is 22.7 Å². The molecule has 0 saturated carbocycles. The fourth-order valence-electron chi connectivity index (χ4n) is 2.38. The molecule has 0 radical (unpaired) electrons. The minimum atomic E-state index is 0.181. The van der Waals surface area contributed by atoms with Crippen molar-refractivity contribution in [3.05, 3.63) is 28.2 Å². The van der Waals surface area contributed by atoms with Crippen LogP contribution in [0.1, 0.15) is 25.8 Å². The van der Waals surface area contributed by atoms with Gasteiger partial charge in [-0.3, -0.25) is 0 Å². The van der Waals surface area contributed by atoms with E-state index in [1.807, 2.05) is 0 Å². The van der Waals surface area contributed by atoms with Crippen molar-refractivity contribution in [2.45, 2.75) is 32.7 Å². The molecular weight excluding hydrogens is 276 g/mol. The van der Waals surface area contributed by atoms with Crippen molar-refractivity contribution in [2.24, 2.45) is 0 Å². The van der Waals surface area contributed by atoms with Crippen LogP contribution in [-0.2, 0) is 0 Å². The molecule has 2 nitrogen and oxygen atoms in total. The summed E-state index contributed by atoms with van der Waals surface area (Å²) in [4.78, 5) is 2.48. The highest BCUT2D eigenvalue weighted by molar-refractivity contribution is 9.10. The smallest absolute Gasteiger partial charge is 0.0511 e. The molecular formula is C14H21BrN2. The third kappa shape index (κ3) is 3.23. The lowest BCUT2D eigenvalue weighted by molar-refractivity contribution is 0.416. The minimum absolute atomic E-state index is 0.181. The van der Waals surface area contributed by atoms with E-state index in [-0.39, 0.29) is 5.54 Å². The first kappa shape index (κ1) is 12.9. The van der Waals surface area contributed by atoms with Gasteiger partial charge in [0.1, 0.15) is 0 Å². The first-order chi connectivity index (χ1) is 7.98. The number of aryl methyl sites for hydroxylation is 1. The highest BCUT2D eigenvalue weighted by Crippen LogP contribution is 2.29. The van der Waals surface area contributed by atoms with Gasteiger partial charge in [0, 0.05) is 23.1 Å². The summed E-state index contributed by atoms with van der Waals surface area (Å²) in [6.45, 7) is 9.95. The molecule has 0 unspecified atom stereocenters. The Balaban J connectivity index is 2.25. The maximum absolute atomic E-state index is 3.68. The van der Waals surface area contributed by atoms with Gasteiger partial charge in [0.25, 0.3) is 0 Å². The standard InChI is InChI=1S/C14H21BrN2/c1-11-5-6-13(12(15)9-11)17-8-4-7-16-14(2,3)10-17/h5-6,9,16H,4,7-8,10H2,1-3H3. The van der Waals surface area contributed by atoms with E-state index in [0.717, 1.165) is 19.6 Å². The predicted octanol–water partition coefficient (Wildman–Crippen LogP) is 3.34. The van der Waals surface area contributed by atoms with Crippen LogP contribution in [0.3, 0.4) is 0 Å². The van der Waals surface area contributed by atoms with Crippen LogP contribution >= 0.6 is 15.9 Å². The van der Waals surface area contributed by atoms with Crippen molar-refractivity contribution in [3.63, 3.8) is 0 Å². The quantitative estimate of drug-likeness (QED) is 0.855. The van der Waals surface area contributed by atoms with Crippen LogP contribution in [0.4, 0.5) is 5.69 Å². The van der Waals surface area contributed by atoms with Crippen LogP contribution in [0.5, 0.6) is 0 Å². The molecule has 0 spiro atoms. The van der Waals surface area contributed by atoms with Crippen LogP contribution in [-0.4, -0.2) is 25.2 Å². The van der Waals surface area contributed by atoms with Gasteiger partial charge in [0.05, 0.1) is 5.69 Å². The van der Waals surface area contributed by atoms with Gasteiger partial charge in [0.2, 0.25) is 0 Å². The molecule has 0 aliphatic carbocycles. The molecule has 0 aromatic heterocycles. The molecule has 0 atom stereocenters. The largest absolute Gasteiger partial charge is 0.369 e. The van der Waals surface area contributed by atoms with Crippen molar-refractivity contribution >= 4 is 21.6 Å². The van der Waals surface area contributed by atoms with E-state index in [1.165, 1.54) is 22.1 Å². The van der Waals surface area contributed by atoms with Gasteiger partial charge in [0.15, 0.2) is 0 Å². The van der Waals surface area contributed by atoms with Crippen molar-refractivity contribution in [1.29, 1.82) is 0 Å². The third-order valence-electron chi connectivity index (χ3n) is 3.24. The molecule has 2 rings (SSSR count). The average Bonchev–Trinajstić information content (AvgIpc) is 2.39. The first-order valence-electron chi connectivity index (χ1n) is 6.24. The van der Waals surface area contributed by atoms with Crippen molar-refractivity contribution in [2.75, 3.05) is 24.5 Å². The van der Waals surface area contributed by atoms with Gasteiger partial charge >= 0.3 is 0 Å². The van der Waals surface area contributed by atoms with Crippen LogP contribution in [0.2, 0.25) is 0 Å². The summed E-state index contributed by atoms with van der Waals surface area (Å²) >= 11 is 3.68. The maximum atomic E-state index is 3.68. The predicted molar refractivity (Wildman–Crippen MR) is 77.8 cm³/mol. The second-order valence-corrected chi connectivity index (χ2v) is 6.39. The molecule has 1 aromatic carbocycles. The van der Waals surface area contributed by atoms with Gasteiger partial charge in [-0.2, -0.15) is 0 Å². The third-order valence-corrected chi connectivity index (χ3v) is 3.87.